The fourth-order valence-corrected chi connectivity index (χ4v) is 5.04. The Bertz CT molecular complexity index is 1170. The number of nitrogens with one attached hydrogen (secondary N) is 1. The number of benzene rings is 2. The van der Waals surface area contributed by atoms with E-state index >= 15 is 0 Å². The Balaban J connectivity index is 1.49. The fraction of sp³-hybridized carbons (Fsp3) is 0.370. The number of hydrogen-bond donors (Lipinski definition) is 3. The summed E-state index contributed by atoms with van der Waals surface area (Å²) in [6.07, 6.45) is 7.52. The Labute approximate surface area is 193 Å². The van der Waals surface area contributed by atoms with Crippen LogP contribution in [-0.2, 0) is 30.7 Å². The fourth-order valence-electron chi connectivity index (χ4n) is 5.04. The minimum atomic E-state index is -0.129. The molecule has 0 radical (unpaired) electrons. The summed E-state index contributed by atoms with van der Waals surface area (Å²) < 4.78 is 0. The third kappa shape index (κ3) is 4.62. The molecule has 0 bridgehead atoms. The van der Waals surface area contributed by atoms with Gasteiger partial charge in [0.2, 0.25) is 5.91 Å². The summed E-state index contributed by atoms with van der Waals surface area (Å²) in [5.74, 6) is 0.948. The largest absolute Gasteiger partial charge is 0.508 e. The number of hydrogen-bond acceptors (Lipinski definition) is 5. The molecular weight excluding hydrogens is 414 g/mol. The second-order valence-electron chi connectivity index (χ2n) is 9.13. The molecular formula is C27H29N3O3. The summed E-state index contributed by atoms with van der Waals surface area (Å²) in [6, 6.07) is 12.8. The number of fused-ring (bicyclic) bond motifs is 3. The molecule has 2 aliphatic carbocycles. The number of amides is 1. The zero-order valence-corrected chi connectivity index (χ0v) is 18.7. The summed E-state index contributed by atoms with van der Waals surface area (Å²) in [7, 11) is 0. The molecule has 1 saturated carbocycles. The van der Waals surface area contributed by atoms with Crippen molar-refractivity contribution in [3.05, 3.63) is 70.5 Å². The molecule has 3 aromatic rings. The minimum Gasteiger partial charge on any atom is -0.508 e. The molecule has 170 valence electrons. The molecule has 6 heteroatoms. The summed E-state index contributed by atoms with van der Waals surface area (Å²) >= 11 is 0. The Hall–Kier alpha value is -3.25. The first kappa shape index (κ1) is 21.6. The van der Waals surface area contributed by atoms with Gasteiger partial charge in [0.15, 0.2) is 5.82 Å². The highest BCUT2D eigenvalue weighted by Gasteiger charge is 2.27. The number of phenols is 1. The van der Waals surface area contributed by atoms with Crippen molar-refractivity contribution in [3.63, 3.8) is 0 Å². The number of anilines is 1. The molecule has 0 spiro atoms. The molecule has 0 saturated heterocycles. The van der Waals surface area contributed by atoms with Crippen molar-refractivity contribution < 1.29 is 15.0 Å². The second kappa shape index (κ2) is 9.32. The SMILES string of the molecule is O=C(Cc1ccc(O)cc1)Nc1nc2c(nc1C1CCCCC1)-c1ccc(CO)cc1CC2. The molecule has 6 nitrogen and oxygen atoms in total. The van der Waals surface area contributed by atoms with Crippen LogP contribution in [0.25, 0.3) is 11.3 Å². The first-order chi connectivity index (χ1) is 16.1. The molecule has 1 amide bonds. The molecule has 5 rings (SSSR count). The van der Waals surface area contributed by atoms with Crippen LogP contribution < -0.4 is 5.32 Å². The predicted octanol–water partition coefficient (Wildman–Crippen LogP) is 4.67. The van der Waals surface area contributed by atoms with E-state index in [1.54, 1.807) is 24.3 Å². The van der Waals surface area contributed by atoms with E-state index in [-0.39, 0.29) is 24.7 Å². The van der Waals surface area contributed by atoms with Crippen molar-refractivity contribution in [2.75, 3.05) is 5.32 Å². The highest BCUT2D eigenvalue weighted by molar-refractivity contribution is 5.92. The standard InChI is InChI=1S/C27H29N3O3/c31-16-18-8-12-22-20(14-18)9-13-23-26(22)30-25(19-4-2-1-3-5-19)27(28-23)29-24(33)15-17-6-10-21(32)11-7-17/h6-8,10-12,14,19,31-32H,1-5,9,13,15-16H2,(H,28,29,33). The van der Waals surface area contributed by atoms with Gasteiger partial charge in [-0.25, -0.2) is 9.97 Å². The lowest BCUT2D eigenvalue weighted by Crippen LogP contribution is -2.21. The number of aromatic hydroxyl groups is 1. The van der Waals surface area contributed by atoms with E-state index < -0.39 is 0 Å². The lowest BCUT2D eigenvalue weighted by Gasteiger charge is -2.26. The Kier molecular flexibility index (Phi) is 6.09. The lowest BCUT2D eigenvalue weighted by atomic mass is 9.85. The van der Waals surface area contributed by atoms with Gasteiger partial charge >= 0.3 is 0 Å². The van der Waals surface area contributed by atoms with Gasteiger partial charge < -0.3 is 15.5 Å². The molecule has 0 atom stereocenters. The second-order valence-corrected chi connectivity index (χ2v) is 9.13. The van der Waals surface area contributed by atoms with Gasteiger partial charge in [0.25, 0.3) is 0 Å². The van der Waals surface area contributed by atoms with Crippen LogP contribution in [-0.4, -0.2) is 26.1 Å². The van der Waals surface area contributed by atoms with E-state index in [0.717, 1.165) is 59.5 Å². The Morgan fingerprint density at radius 3 is 2.48 bits per heavy atom. The van der Waals surface area contributed by atoms with E-state index in [4.69, 9.17) is 9.97 Å². The van der Waals surface area contributed by atoms with Crippen LogP contribution in [0.15, 0.2) is 42.5 Å². The third-order valence-corrected chi connectivity index (χ3v) is 6.78. The molecule has 0 aliphatic heterocycles. The van der Waals surface area contributed by atoms with Crippen molar-refractivity contribution in [2.24, 2.45) is 0 Å². The van der Waals surface area contributed by atoms with Crippen LogP contribution >= 0.6 is 0 Å². The maximum atomic E-state index is 12.9. The zero-order valence-electron chi connectivity index (χ0n) is 18.7. The van der Waals surface area contributed by atoms with E-state index in [2.05, 4.69) is 11.4 Å². The maximum Gasteiger partial charge on any atom is 0.229 e. The number of carbonyl (C=O) groups excluding carboxylic acids is 1. The van der Waals surface area contributed by atoms with Crippen LogP contribution in [0.3, 0.4) is 0 Å². The Morgan fingerprint density at radius 2 is 1.73 bits per heavy atom. The van der Waals surface area contributed by atoms with Crippen LogP contribution in [0, 0.1) is 0 Å². The number of aromatic nitrogens is 2. The number of aliphatic hydroxyl groups excluding tert-OH is 1. The van der Waals surface area contributed by atoms with Crippen LogP contribution in [0.2, 0.25) is 0 Å². The Morgan fingerprint density at radius 1 is 0.970 bits per heavy atom. The number of aryl methyl sites for hydroxylation is 2. The average Bonchev–Trinajstić information content (AvgIpc) is 2.85. The van der Waals surface area contributed by atoms with Crippen molar-refractivity contribution in [1.29, 1.82) is 0 Å². The van der Waals surface area contributed by atoms with Gasteiger partial charge in [0.1, 0.15) is 5.75 Å². The predicted molar refractivity (Wildman–Crippen MR) is 127 cm³/mol. The average molecular weight is 444 g/mol. The quantitative estimate of drug-likeness (QED) is 0.533. The number of phenolic OH excluding ortho intramolecular Hbond substituents is 1. The van der Waals surface area contributed by atoms with E-state index in [1.807, 2.05) is 12.1 Å². The van der Waals surface area contributed by atoms with Crippen molar-refractivity contribution >= 4 is 11.7 Å². The van der Waals surface area contributed by atoms with E-state index in [0.29, 0.717) is 11.7 Å². The summed E-state index contributed by atoms with van der Waals surface area (Å²) in [5, 5.41) is 22.0. The van der Waals surface area contributed by atoms with Gasteiger partial charge in [-0.1, -0.05) is 49.6 Å². The summed E-state index contributed by atoms with van der Waals surface area (Å²) in [4.78, 5) is 22.9. The number of carbonyl (C=O) groups is 1. The monoisotopic (exact) mass is 443 g/mol. The maximum absolute atomic E-state index is 12.9. The normalized spacial score (nSPS) is 15.5. The third-order valence-electron chi connectivity index (χ3n) is 6.78. The van der Waals surface area contributed by atoms with Gasteiger partial charge in [0.05, 0.1) is 30.1 Å². The molecule has 33 heavy (non-hydrogen) atoms. The smallest absolute Gasteiger partial charge is 0.229 e. The zero-order chi connectivity index (χ0) is 22.8. The highest BCUT2D eigenvalue weighted by Crippen LogP contribution is 2.39. The summed E-state index contributed by atoms with van der Waals surface area (Å²) in [5.41, 5.74) is 6.75. The van der Waals surface area contributed by atoms with E-state index in [1.165, 1.54) is 24.8 Å². The molecule has 0 unspecified atom stereocenters. The van der Waals surface area contributed by atoms with Crippen LogP contribution in [0.1, 0.15) is 66.1 Å². The molecule has 2 aliphatic rings. The van der Waals surface area contributed by atoms with Crippen LogP contribution in [0.4, 0.5) is 5.82 Å². The van der Waals surface area contributed by atoms with Gasteiger partial charge in [-0.05, 0) is 54.5 Å². The first-order valence-corrected chi connectivity index (χ1v) is 11.8. The molecule has 1 heterocycles. The van der Waals surface area contributed by atoms with Crippen molar-refractivity contribution in [2.45, 2.75) is 63.9 Å². The van der Waals surface area contributed by atoms with Gasteiger partial charge in [-0.15, -0.1) is 0 Å². The van der Waals surface area contributed by atoms with Gasteiger partial charge in [-0.3, -0.25) is 4.79 Å². The molecule has 3 N–H and O–H groups in total. The van der Waals surface area contributed by atoms with Crippen molar-refractivity contribution in [3.8, 4) is 17.0 Å². The molecule has 1 fully saturated rings. The minimum absolute atomic E-state index is 0.0329. The number of nitrogens with zero attached hydrogens (tertiary/aromatic N) is 2. The lowest BCUT2D eigenvalue weighted by molar-refractivity contribution is -0.115. The number of rotatable bonds is 5. The highest BCUT2D eigenvalue weighted by atomic mass is 16.3. The molecule has 2 aromatic carbocycles. The van der Waals surface area contributed by atoms with Gasteiger partial charge in [0, 0.05) is 11.5 Å². The topological polar surface area (TPSA) is 95.3 Å². The van der Waals surface area contributed by atoms with Gasteiger partial charge in [-0.2, -0.15) is 0 Å². The van der Waals surface area contributed by atoms with E-state index in [9.17, 15) is 15.0 Å². The first-order valence-electron chi connectivity index (χ1n) is 11.8. The molecule has 1 aromatic heterocycles. The van der Waals surface area contributed by atoms with Crippen LogP contribution in [0.5, 0.6) is 5.75 Å². The van der Waals surface area contributed by atoms with Crippen molar-refractivity contribution in [1.82, 2.24) is 9.97 Å². The number of aliphatic hydroxyl groups is 1. The summed E-state index contributed by atoms with van der Waals surface area (Å²) in [6.45, 7) is 0.0329.